The zero-order chi connectivity index (χ0) is 13.9. The average Bonchev–Trinajstić information content (AvgIpc) is 2.32. The third-order valence-corrected chi connectivity index (χ3v) is 3.26. The molecule has 0 aliphatic heterocycles. The summed E-state index contributed by atoms with van der Waals surface area (Å²) < 4.78 is 39.7. The molecular weight excluding hydrogens is 239 g/mol. The van der Waals surface area contributed by atoms with E-state index in [1.54, 1.807) is 0 Å². The smallest absolute Gasteiger partial charge is 0.194 e. The Hall–Kier alpha value is -1.03. The van der Waals surface area contributed by atoms with E-state index in [0.717, 1.165) is 6.07 Å². The maximum atomic E-state index is 13.6. The Balaban J connectivity index is 2.83. The van der Waals surface area contributed by atoms with E-state index in [1.165, 1.54) is 6.07 Å². The van der Waals surface area contributed by atoms with Crippen LogP contribution in [0.4, 0.5) is 13.2 Å². The van der Waals surface area contributed by atoms with Gasteiger partial charge < -0.3 is 5.32 Å². The van der Waals surface area contributed by atoms with Crippen molar-refractivity contribution in [3.05, 3.63) is 35.1 Å². The fourth-order valence-electron chi connectivity index (χ4n) is 1.80. The molecule has 0 amide bonds. The van der Waals surface area contributed by atoms with Gasteiger partial charge in [-0.05, 0) is 30.0 Å². The maximum absolute atomic E-state index is 13.6. The average molecular weight is 259 g/mol. The highest BCUT2D eigenvalue weighted by Gasteiger charge is 2.21. The fourth-order valence-corrected chi connectivity index (χ4v) is 1.80. The Labute approximate surface area is 106 Å². The van der Waals surface area contributed by atoms with Crippen LogP contribution in [-0.2, 0) is 0 Å². The Morgan fingerprint density at radius 1 is 1.00 bits per heavy atom. The van der Waals surface area contributed by atoms with Crippen molar-refractivity contribution in [2.24, 2.45) is 5.92 Å². The van der Waals surface area contributed by atoms with Gasteiger partial charge in [0.25, 0.3) is 0 Å². The Kier molecular flexibility index (Phi) is 5.20. The first-order valence-corrected chi connectivity index (χ1v) is 6.21. The van der Waals surface area contributed by atoms with Gasteiger partial charge in [0, 0.05) is 6.04 Å². The minimum atomic E-state index is -1.39. The second-order valence-corrected chi connectivity index (χ2v) is 5.09. The van der Waals surface area contributed by atoms with Crippen molar-refractivity contribution in [1.82, 2.24) is 5.32 Å². The van der Waals surface area contributed by atoms with E-state index in [1.807, 2.05) is 27.7 Å². The highest BCUT2D eigenvalue weighted by atomic mass is 19.2. The number of halogens is 3. The number of hydrogen-bond acceptors (Lipinski definition) is 1. The van der Waals surface area contributed by atoms with Crippen LogP contribution in [0.5, 0.6) is 0 Å². The summed E-state index contributed by atoms with van der Waals surface area (Å²) in [5.74, 6) is -3.64. The molecule has 1 aromatic rings. The molecule has 0 fully saturated rings. The second kappa shape index (κ2) is 6.23. The Bertz CT molecular complexity index is 404. The van der Waals surface area contributed by atoms with Crippen LogP contribution < -0.4 is 5.32 Å². The van der Waals surface area contributed by atoms with Gasteiger partial charge in [-0.25, -0.2) is 13.2 Å². The van der Waals surface area contributed by atoms with Gasteiger partial charge in [-0.1, -0.05) is 33.8 Å². The van der Waals surface area contributed by atoms with E-state index in [2.05, 4.69) is 5.32 Å². The van der Waals surface area contributed by atoms with Gasteiger partial charge in [0.1, 0.15) is 0 Å². The standard InChI is InChI=1S/C14H20F3N/c1-8(2)18-7-9(3)10(4)11-5-6-12(15)14(17)13(11)16/h5-6,8-10,18H,7H2,1-4H3. The van der Waals surface area contributed by atoms with Crippen LogP contribution in [0, 0.1) is 23.4 Å². The topological polar surface area (TPSA) is 12.0 Å². The van der Waals surface area contributed by atoms with Crippen LogP contribution in [0.15, 0.2) is 12.1 Å². The summed E-state index contributed by atoms with van der Waals surface area (Å²) >= 11 is 0. The largest absolute Gasteiger partial charge is 0.314 e. The van der Waals surface area contributed by atoms with E-state index >= 15 is 0 Å². The summed E-state index contributed by atoms with van der Waals surface area (Å²) in [5, 5.41) is 3.25. The van der Waals surface area contributed by atoms with Gasteiger partial charge in [-0.2, -0.15) is 0 Å². The predicted octanol–water partition coefficient (Wildman–Crippen LogP) is 3.84. The van der Waals surface area contributed by atoms with Crippen LogP contribution in [0.3, 0.4) is 0 Å². The van der Waals surface area contributed by atoms with Gasteiger partial charge in [0.15, 0.2) is 17.5 Å². The van der Waals surface area contributed by atoms with Crippen molar-refractivity contribution in [2.45, 2.75) is 39.7 Å². The first kappa shape index (κ1) is 15.0. The van der Waals surface area contributed by atoms with Crippen molar-refractivity contribution in [3.63, 3.8) is 0 Å². The van der Waals surface area contributed by atoms with Crippen molar-refractivity contribution in [1.29, 1.82) is 0 Å². The molecule has 1 aromatic carbocycles. The molecule has 0 aliphatic rings. The van der Waals surface area contributed by atoms with Crippen LogP contribution in [0.25, 0.3) is 0 Å². The monoisotopic (exact) mass is 259 g/mol. The van der Waals surface area contributed by atoms with Gasteiger partial charge in [0.05, 0.1) is 0 Å². The quantitative estimate of drug-likeness (QED) is 0.792. The minimum absolute atomic E-state index is 0.131. The molecule has 4 heteroatoms. The lowest BCUT2D eigenvalue weighted by Crippen LogP contribution is -2.30. The molecule has 0 bridgehead atoms. The van der Waals surface area contributed by atoms with Crippen LogP contribution in [0.1, 0.15) is 39.2 Å². The lowest BCUT2D eigenvalue weighted by atomic mass is 9.88. The summed E-state index contributed by atoms with van der Waals surface area (Å²) in [4.78, 5) is 0. The molecule has 0 aromatic heterocycles. The van der Waals surface area contributed by atoms with E-state index < -0.39 is 17.5 Å². The summed E-state index contributed by atoms with van der Waals surface area (Å²) in [6, 6.07) is 2.64. The molecular formula is C14H20F3N. The fraction of sp³-hybridized carbons (Fsp3) is 0.571. The molecule has 18 heavy (non-hydrogen) atoms. The summed E-state index contributed by atoms with van der Waals surface area (Å²) in [5.41, 5.74) is 0.229. The van der Waals surface area contributed by atoms with Gasteiger partial charge in [-0.15, -0.1) is 0 Å². The second-order valence-electron chi connectivity index (χ2n) is 5.09. The molecule has 2 atom stereocenters. The molecule has 0 aliphatic carbocycles. The Morgan fingerprint density at radius 3 is 2.17 bits per heavy atom. The molecule has 0 saturated heterocycles. The van der Waals surface area contributed by atoms with E-state index in [4.69, 9.17) is 0 Å². The van der Waals surface area contributed by atoms with Gasteiger partial charge in [0.2, 0.25) is 0 Å². The molecule has 0 radical (unpaired) electrons. The molecule has 0 saturated carbocycles. The van der Waals surface area contributed by atoms with Gasteiger partial charge in [-0.3, -0.25) is 0 Å². The van der Waals surface area contributed by atoms with E-state index in [0.29, 0.717) is 12.6 Å². The summed E-state index contributed by atoms with van der Waals surface area (Å²) in [7, 11) is 0. The van der Waals surface area contributed by atoms with Crippen LogP contribution in [0.2, 0.25) is 0 Å². The molecule has 1 nitrogen and oxygen atoms in total. The molecule has 2 unspecified atom stereocenters. The highest BCUT2D eigenvalue weighted by Crippen LogP contribution is 2.28. The maximum Gasteiger partial charge on any atom is 0.194 e. The number of benzene rings is 1. The summed E-state index contributed by atoms with van der Waals surface area (Å²) in [6.07, 6.45) is 0. The normalized spacial score (nSPS) is 14.9. The highest BCUT2D eigenvalue weighted by molar-refractivity contribution is 5.24. The SMILES string of the molecule is CC(C)NCC(C)C(C)c1ccc(F)c(F)c1F. The zero-order valence-electron chi connectivity index (χ0n) is 11.2. The van der Waals surface area contributed by atoms with Crippen molar-refractivity contribution in [3.8, 4) is 0 Å². The van der Waals surface area contributed by atoms with E-state index in [-0.39, 0.29) is 17.4 Å². The molecule has 1 rings (SSSR count). The first-order valence-electron chi connectivity index (χ1n) is 6.21. The third kappa shape index (κ3) is 3.48. The molecule has 0 spiro atoms. The molecule has 102 valence electrons. The van der Waals surface area contributed by atoms with Crippen LogP contribution in [-0.4, -0.2) is 12.6 Å². The number of rotatable bonds is 5. The first-order chi connectivity index (χ1) is 8.34. The number of nitrogens with one attached hydrogen (secondary N) is 1. The van der Waals surface area contributed by atoms with Crippen molar-refractivity contribution < 1.29 is 13.2 Å². The number of hydrogen-bond donors (Lipinski definition) is 1. The summed E-state index contributed by atoms with van der Waals surface area (Å²) in [6.45, 7) is 8.53. The third-order valence-electron chi connectivity index (χ3n) is 3.26. The molecule has 0 heterocycles. The van der Waals surface area contributed by atoms with Gasteiger partial charge >= 0.3 is 0 Å². The minimum Gasteiger partial charge on any atom is -0.314 e. The van der Waals surface area contributed by atoms with Crippen molar-refractivity contribution in [2.75, 3.05) is 6.54 Å². The Morgan fingerprint density at radius 2 is 1.61 bits per heavy atom. The van der Waals surface area contributed by atoms with Crippen molar-refractivity contribution >= 4 is 0 Å². The lowest BCUT2D eigenvalue weighted by molar-refractivity contribution is 0.397. The molecule has 1 N–H and O–H groups in total. The van der Waals surface area contributed by atoms with E-state index in [9.17, 15) is 13.2 Å². The van der Waals surface area contributed by atoms with Crippen LogP contribution >= 0.6 is 0 Å². The zero-order valence-corrected chi connectivity index (χ0v) is 11.2. The predicted molar refractivity (Wildman–Crippen MR) is 67.0 cm³/mol. The lowest BCUT2D eigenvalue weighted by Gasteiger charge is -2.22.